The van der Waals surface area contributed by atoms with Crippen LogP contribution in [-0.2, 0) is 4.79 Å². The zero-order chi connectivity index (χ0) is 24.9. The summed E-state index contributed by atoms with van der Waals surface area (Å²) in [4.78, 5) is 23.7. The van der Waals surface area contributed by atoms with Gasteiger partial charge in [-0.2, -0.15) is 0 Å². The van der Waals surface area contributed by atoms with Gasteiger partial charge in [0.2, 0.25) is 5.91 Å². The van der Waals surface area contributed by atoms with Gasteiger partial charge in [0.15, 0.2) is 5.11 Å². The maximum absolute atomic E-state index is 12.9. The highest BCUT2D eigenvalue weighted by molar-refractivity contribution is 7.80. The Hall–Kier alpha value is -4.24. The Balaban J connectivity index is 1.43. The van der Waals surface area contributed by atoms with E-state index in [2.05, 4.69) is 36.1 Å². The molecule has 3 aromatic heterocycles. The molecule has 0 unspecified atom stereocenters. The van der Waals surface area contributed by atoms with Crippen molar-refractivity contribution in [2.75, 3.05) is 19.0 Å². The number of amides is 1. The Bertz CT molecular complexity index is 1340. The molecule has 1 aliphatic rings. The number of benzene rings is 1. The molecule has 1 aliphatic heterocycles. The van der Waals surface area contributed by atoms with Crippen LogP contribution in [0, 0.1) is 0 Å². The zero-order valence-corrected chi connectivity index (χ0v) is 20.6. The van der Waals surface area contributed by atoms with E-state index in [0.29, 0.717) is 23.1 Å². The van der Waals surface area contributed by atoms with Crippen molar-refractivity contribution in [1.82, 2.24) is 24.8 Å². The summed E-state index contributed by atoms with van der Waals surface area (Å²) >= 11 is 5.77. The standard InChI is InChI=1S/C27H26N6O2S/c1-35-23-10-3-2-7-20(23)30-24(34)13-18-33-26(25(31-27(33)36)21-8-4-5-14-29-21)22-9-6-17-32(22)19-11-15-28-16-12-19/h2-12,14-17,25-26H,13,18H2,1H3,(H,30,34)(H,31,36)/t25-,26+/m0/s1. The number of hydrogen-bond acceptors (Lipinski definition) is 5. The molecular formula is C27H26N6O2S. The highest BCUT2D eigenvalue weighted by Gasteiger charge is 2.41. The minimum atomic E-state index is -0.175. The van der Waals surface area contributed by atoms with E-state index in [1.165, 1.54) is 0 Å². The fourth-order valence-corrected chi connectivity index (χ4v) is 4.86. The number of rotatable bonds is 8. The van der Waals surface area contributed by atoms with Crippen molar-refractivity contribution in [2.45, 2.75) is 18.5 Å². The predicted molar refractivity (Wildman–Crippen MR) is 142 cm³/mol. The van der Waals surface area contributed by atoms with Crippen LogP contribution in [0.4, 0.5) is 5.69 Å². The van der Waals surface area contributed by atoms with Gasteiger partial charge >= 0.3 is 0 Å². The first kappa shape index (κ1) is 23.5. The van der Waals surface area contributed by atoms with Crippen molar-refractivity contribution in [3.63, 3.8) is 0 Å². The van der Waals surface area contributed by atoms with E-state index in [1.807, 2.05) is 66.9 Å². The number of nitrogens with zero attached hydrogens (tertiary/aromatic N) is 4. The summed E-state index contributed by atoms with van der Waals surface area (Å²) < 4.78 is 7.48. The van der Waals surface area contributed by atoms with Crippen LogP contribution in [-0.4, -0.2) is 44.1 Å². The van der Waals surface area contributed by atoms with Gasteiger partial charge in [-0.3, -0.25) is 14.8 Å². The molecule has 4 aromatic rings. The second kappa shape index (κ2) is 10.6. The van der Waals surface area contributed by atoms with Gasteiger partial charge in [-0.25, -0.2) is 0 Å². The highest BCUT2D eigenvalue weighted by atomic mass is 32.1. The van der Waals surface area contributed by atoms with Crippen LogP contribution in [0.3, 0.4) is 0 Å². The minimum absolute atomic E-state index is 0.119. The maximum atomic E-state index is 12.9. The summed E-state index contributed by atoms with van der Waals surface area (Å²) in [6.45, 7) is 0.433. The normalized spacial score (nSPS) is 17.0. The fraction of sp³-hybridized carbons (Fsp3) is 0.185. The van der Waals surface area contributed by atoms with Crippen LogP contribution in [0.1, 0.15) is 29.9 Å². The van der Waals surface area contributed by atoms with E-state index >= 15 is 0 Å². The predicted octanol–water partition coefficient (Wildman–Crippen LogP) is 4.28. The number of para-hydroxylation sites is 2. The number of pyridine rings is 2. The van der Waals surface area contributed by atoms with Gasteiger partial charge in [0.1, 0.15) is 5.75 Å². The smallest absolute Gasteiger partial charge is 0.226 e. The van der Waals surface area contributed by atoms with Crippen molar-refractivity contribution >= 4 is 28.9 Å². The zero-order valence-electron chi connectivity index (χ0n) is 19.7. The number of carbonyl (C=O) groups excluding carboxylic acids is 1. The fourth-order valence-electron chi connectivity index (χ4n) is 4.53. The lowest BCUT2D eigenvalue weighted by atomic mass is 10.0. The number of anilines is 1. The third-order valence-corrected chi connectivity index (χ3v) is 6.54. The summed E-state index contributed by atoms with van der Waals surface area (Å²) in [5, 5.41) is 6.98. The molecule has 1 aromatic carbocycles. The van der Waals surface area contributed by atoms with E-state index in [0.717, 1.165) is 17.1 Å². The first-order chi connectivity index (χ1) is 17.7. The molecule has 0 saturated carbocycles. The molecule has 0 aliphatic carbocycles. The first-order valence-corrected chi connectivity index (χ1v) is 12.0. The lowest BCUT2D eigenvalue weighted by Crippen LogP contribution is -2.33. The van der Waals surface area contributed by atoms with Gasteiger partial charge in [-0.05, 0) is 60.7 Å². The second-order valence-corrected chi connectivity index (χ2v) is 8.71. The van der Waals surface area contributed by atoms with Crippen LogP contribution in [0.15, 0.2) is 91.5 Å². The summed E-state index contributed by atoms with van der Waals surface area (Å²) in [5.41, 5.74) is 3.56. The summed E-state index contributed by atoms with van der Waals surface area (Å²) in [5.74, 6) is 0.499. The van der Waals surface area contributed by atoms with E-state index in [4.69, 9.17) is 17.0 Å². The van der Waals surface area contributed by atoms with E-state index in [9.17, 15) is 4.79 Å². The average Bonchev–Trinajstić information content (AvgIpc) is 3.53. The quantitative estimate of drug-likeness (QED) is 0.351. The molecule has 0 spiro atoms. The Morgan fingerprint density at radius 3 is 2.64 bits per heavy atom. The molecule has 2 N–H and O–H groups in total. The van der Waals surface area contributed by atoms with Crippen LogP contribution < -0.4 is 15.4 Å². The molecular weight excluding hydrogens is 472 g/mol. The van der Waals surface area contributed by atoms with Crippen LogP contribution in [0.25, 0.3) is 5.69 Å². The summed E-state index contributed by atoms with van der Waals surface area (Å²) in [6.07, 6.45) is 7.59. The van der Waals surface area contributed by atoms with E-state index < -0.39 is 0 Å². The molecule has 8 nitrogen and oxygen atoms in total. The molecule has 1 fully saturated rings. The van der Waals surface area contributed by atoms with Crippen molar-refractivity contribution in [3.8, 4) is 11.4 Å². The van der Waals surface area contributed by atoms with Crippen molar-refractivity contribution < 1.29 is 9.53 Å². The molecule has 9 heteroatoms. The monoisotopic (exact) mass is 498 g/mol. The molecule has 0 bridgehead atoms. The lowest BCUT2D eigenvalue weighted by molar-refractivity contribution is -0.116. The number of aromatic nitrogens is 3. The van der Waals surface area contributed by atoms with Gasteiger partial charge < -0.3 is 24.8 Å². The largest absolute Gasteiger partial charge is 0.495 e. The van der Waals surface area contributed by atoms with E-state index in [1.54, 1.807) is 25.7 Å². The number of nitrogens with one attached hydrogen (secondary N) is 2. The van der Waals surface area contributed by atoms with Gasteiger partial charge in [0.25, 0.3) is 0 Å². The molecule has 182 valence electrons. The minimum Gasteiger partial charge on any atom is -0.495 e. The molecule has 2 atom stereocenters. The Morgan fingerprint density at radius 2 is 1.86 bits per heavy atom. The van der Waals surface area contributed by atoms with Gasteiger partial charge in [-0.1, -0.05) is 18.2 Å². The van der Waals surface area contributed by atoms with Crippen molar-refractivity contribution in [2.24, 2.45) is 0 Å². The summed E-state index contributed by atoms with van der Waals surface area (Å²) in [6, 6.07) is 20.9. The number of thiocarbonyl (C=S) groups is 1. The topological polar surface area (TPSA) is 84.3 Å². The molecule has 0 radical (unpaired) electrons. The van der Waals surface area contributed by atoms with Crippen LogP contribution >= 0.6 is 12.2 Å². The highest BCUT2D eigenvalue weighted by Crippen LogP contribution is 2.39. The molecule has 36 heavy (non-hydrogen) atoms. The molecule has 1 saturated heterocycles. The SMILES string of the molecule is COc1ccccc1NC(=O)CCN1C(=S)N[C@@H](c2ccccn2)[C@H]1c1cccn1-c1ccncc1. The number of methoxy groups -OCH3 is 1. The summed E-state index contributed by atoms with van der Waals surface area (Å²) in [7, 11) is 1.58. The maximum Gasteiger partial charge on any atom is 0.226 e. The van der Waals surface area contributed by atoms with Crippen molar-refractivity contribution in [3.05, 3.63) is 103 Å². The van der Waals surface area contributed by atoms with Gasteiger partial charge in [-0.15, -0.1) is 0 Å². The molecule has 5 rings (SSSR count). The first-order valence-electron chi connectivity index (χ1n) is 11.6. The Morgan fingerprint density at radius 1 is 1.06 bits per heavy atom. The number of carbonyl (C=O) groups is 1. The number of ether oxygens (including phenoxy) is 1. The van der Waals surface area contributed by atoms with Gasteiger partial charge in [0, 0.05) is 49.1 Å². The third-order valence-electron chi connectivity index (χ3n) is 6.18. The van der Waals surface area contributed by atoms with Gasteiger partial charge in [0.05, 0.1) is 30.6 Å². The van der Waals surface area contributed by atoms with Crippen LogP contribution in [0.5, 0.6) is 5.75 Å². The lowest BCUT2D eigenvalue weighted by Gasteiger charge is -2.28. The third kappa shape index (κ3) is 4.78. The Kier molecular flexibility index (Phi) is 6.90. The van der Waals surface area contributed by atoms with Crippen LogP contribution in [0.2, 0.25) is 0 Å². The average molecular weight is 499 g/mol. The second-order valence-electron chi connectivity index (χ2n) is 8.33. The Labute approximate surface area is 215 Å². The van der Waals surface area contributed by atoms with Crippen molar-refractivity contribution in [1.29, 1.82) is 0 Å². The van der Waals surface area contributed by atoms with E-state index in [-0.39, 0.29) is 24.4 Å². The number of hydrogen-bond donors (Lipinski definition) is 2. The molecule has 1 amide bonds. The molecule has 4 heterocycles.